The van der Waals surface area contributed by atoms with Crippen LogP contribution in [0.15, 0.2) is 60.7 Å². The summed E-state index contributed by atoms with van der Waals surface area (Å²) in [6.07, 6.45) is 3.59. The quantitative estimate of drug-likeness (QED) is 0.737. The predicted molar refractivity (Wildman–Crippen MR) is 107 cm³/mol. The number of para-hydroxylation sites is 2. The number of amides is 1. The lowest BCUT2D eigenvalue weighted by Crippen LogP contribution is -2.38. The van der Waals surface area contributed by atoms with Crippen LogP contribution in [0.25, 0.3) is 10.9 Å². The Morgan fingerprint density at radius 2 is 1.85 bits per heavy atom. The third kappa shape index (κ3) is 3.27. The lowest BCUT2D eigenvalue weighted by Gasteiger charge is -2.34. The van der Waals surface area contributed by atoms with Crippen molar-refractivity contribution in [1.82, 2.24) is 4.98 Å². The molecule has 0 bridgehead atoms. The minimum Gasteiger partial charge on any atom is -0.354 e. The van der Waals surface area contributed by atoms with Gasteiger partial charge in [0, 0.05) is 23.7 Å². The Kier molecular flexibility index (Phi) is 4.57. The molecule has 4 rings (SSSR count). The number of aromatic nitrogens is 1. The van der Waals surface area contributed by atoms with Crippen molar-refractivity contribution < 1.29 is 4.79 Å². The van der Waals surface area contributed by atoms with Crippen LogP contribution in [0, 0.1) is 0 Å². The van der Waals surface area contributed by atoms with Crippen LogP contribution < -0.4 is 10.2 Å². The second-order valence-electron chi connectivity index (χ2n) is 6.90. The zero-order valence-corrected chi connectivity index (χ0v) is 15.0. The Balaban J connectivity index is 1.75. The summed E-state index contributed by atoms with van der Waals surface area (Å²) in [5.41, 5.74) is 2.33. The van der Waals surface area contributed by atoms with E-state index < -0.39 is 0 Å². The summed E-state index contributed by atoms with van der Waals surface area (Å²) in [7, 11) is 0. The fourth-order valence-corrected chi connectivity index (χ4v) is 3.65. The first-order valence-electron chi connectivity index (χ1n) is 9.25. The van der Waals surface area contributed by atoms with Gasteiger partial charge >= 0.3 is 0 Å². The van der Waals surface area contributed by atoms with Crippen molar-refractivity contribution in [1.29, 1.82) is 0 Å². The molecule has 1 aliphatic rings. The third-order valence-electron chi connectivity index (χ3n) is 5.08. The van der Waals surface area contributed by atoms with Crippen molar-refractivity contribution in [3.05, 3.63) is 66.2 Å². The molecular weight excluding hydrogens is 322 g/mol. The van der Waals surface area contributed by atoms with Crippen molar-refractivity contribution in [2.75, 3.05) is 16.8 Å². The van der Waals surface area contributed by atoms with Crippen LogP contribution in [0.5, 0.6) is 0 Å². The van der Waals surface area contributed by atoms with E-state index in [1.807, 2.05) is 60.7 Å². The largest absolute Gasteiger partial charge is 0.354 e. The molecule has 1 saturated heterocycles. The molecule has 26 heavy (non-hydrogen) atoms. The average Bonchev–Trinajstić information content (AvgIpc) is 2.68. The number of hydrogen-bond donors (Lipinski definition) is 1. The van der Waals surface area contributed by atoms with Gasteiger partial charge in [0.2, 0.25) is 0 Å². The number of nitrogens with one attached hydrogen (secondary N) is 1. The maximum atomic E-state index is 13.0. The molecule has 1 unspecified atom stereocenters. The first kappa shape index (κ1) is 16.6. The Morgan fingerprint density at radius 1 is 1.08 bits per heavy atom. The monoisotopic (exact) mass is 345 g/mol. The molecule has 4 nitrogen and oxygen atoms in total. The number of benzene rings is 2. The van der Waals surface area contributed by atoms with Gasteiger partial charge in [-0.2, -0.15) is 0 Å². The number of fused-ring (bicyclic) bond motifs is 1. The van der Waals surface area contributed by atoms with Crippen LogP contribution in [0.3, 0.4) is 0 Å². The second-order valence-corrected chi connectivity index (χ2v) is 6.90. The zero-order chi connectivity index (χ0) is 17.9. The smallest absolute Gasteiger partial charge is 0.256 e. The summed E-state index contributed by atoms with van der Waals surface area (Å²) in [4.78, 5) is 20.2. The van der Waals surface area contributed by atoms with E-state index in [1.54, 1.807) is 0 Å². The van der Waals surface area contributed by atoms with Gasteiger partial charge in [-0.3, -0.25) is 4.79 Å². The molecule has 2 heterocycles. The summed E-state index contributed by atoms with van der Waals surface area (Å²) in [6.45, 7) is 3.23. The minimum atomic E-state index is -0.0966. The summed E-state index contributed by atoms with van der Waals surface area (Å²) in [5, 5.41) is 3.89. The van der Waals surface area contributed by atoms with E-state index in [9.17, 15) is 4.79 Å². The zero-order valence-electron chi connectivity index (χ0n) is 15.0. The van der Waals surface area contributed by atoms with Gasteiger partial charge in [0.25, 0.3) is 5.91 Å². The number of rotatable bonds is 3. The van der Waals surface area contributed by atoms with E-state index in [2.05, 4.69) is 17.1 Å². The summed E-state index contributed by atoms with van der Waals surface area (Å²) >= 11 is 0. The van der Waals surface area contributed by atoms with Crippen molar-refractivity contribution >= 4 is 28.3 Å². The van der Waals surface area contributed by atoms with E-state index in [1.165, 1.54) is 19.3 Å². The van der Waals surface area contributed by atoms with Crippen molar-refractivity contribution in [3.63, 3.8) is 0 Å². The second kappa shape index (κ2) is 7.16. The fraction of sp³-hybridized carbons (Fsp3) is 0.273. The van der Waals surface area contributed by atoms with Gasteiger partial charge in [-0.1, -0.05) is 36.4 Å². The SMILES string of the molecule is CC1CCCCN1c1cc(C(=O)Nc2ccccc2)c2ccccc2n1. The first-order valence-corrected chi connectivity index (χ1v) is 9.25. The minimum absolute atomic E-state index is 0.0966. The van der Waals surface area contributed by atoms with Crippen LogP contribution in [0.2, 0.25) is 0 Å². The molecule has 2 aromatic carbocycles. The molecule has 1 aromatic heterocycles. The van der Waals surface area contributed by atoms with E-state index in [0.717, 1.165) is 29.0 Å². The lowest BCUT2D eigenvalue weighted by molar-refractivity contribution is 0.102. The average molecular weight is 345 g/mol. The number of nitrogens with zero attached hydrogens (tertiary/aromatic N) is 2. The Hall–Kier alpha value is -2.88. The molecule has 1 N–H and O–H groups in total. The molecular formula is C22H23N3O. The van der Waals surface area contributed by atoms with Gasteiger partial charge in [0.15, 0.2) is 0 Å². The van der Waals surface area contributed by atoms with Crippen LogP contribution in [0.1, 0.15) is 36.5 Å². The van der Waals surface area contributed by atoms with Crippen molar-refractivity contribution in [2.24, 2.45) is 0 Å². The van der Waals surface area contributed by atoms with Gasteiger partial charge in [-0.05, 0) is 50.5 Å². The Labute approximate surface area is 153 Å². The van der Waals surface area contributed by atoms with E-state index >= 15 is 0 Å². The van der Waals surface area contributed by atoms with Crippen molar-refractivity contribution in [3.8, 4) is 0 Å². The fourth-order valence-electron chi connectivity index (χ4n) is 3.65. The molecule has 3 aromatic rings. The predicted octanol–water partition coefficient (Wildman–Crippen LogP) is 4.87. The molecule has 1 fully saturated rings. The molecule has 0 spiro atoms. The number of pyridine rings is 1. The summed E-state index contributed by atoms with van der Waals surface area (Å²) < 4.78 is 0. The first-order chi connectivity index (χ1) is 12.7. The van der Waals surface area contributed by atoms with Gasteiger partial charge in [0.05, 0.1) is 11.1 Å². The van der Waals surface area contributed by atoms with Crippen molar-refractivity contribution in [2.45, 2.75) is 32.2 Å². The van der Waals surface area contributed by atoms with Crippen LogP contribution in [0.4, 0.5) is 11.5 Å². The number of hydrogen-bond acceptors (Lipinski definition) is 3. The van der Waals surface area contributed by atoms with Crippen LogP contribution >= 0.6 is 0 Å². The standard InChI is InChI=1S/C22H23N3O/c1-16-9-7-8-14-25(16)21-15-19(18-12-5-6-13-20(18)24-21)22(26)23-17-10-3-2-4-11-17/h2-6,10-13,15-16H,7-9,14H2,1H3,(H,23,26). The lowest BCUT2D eigenvalue weighted by atomic mass is 10.0. The molecule has 4 heteroatoms. The number of piperidine rings is 1. The van der Waals surface area contributed by atoms with Crippen LogP contribution in [-0.4, -0.2) is 23.5 Å². The van der Waals surface area contributed by atoms with Crippen LogP contribution in [-0.2, 0) is 0 Å². The van der Waals surface area contributed by atoms with E-state index in [0.29, 0.717) is 11.6 Å². The van der Waals surface area contributed by atoms with Gasteiger partial charge in [0.1, 0.15) is 5.82 Å². The highest BCUT2D eigenvalue weighted by atomic mass is 16.1. The molecule has 0 saturated carbocycles. The summed E-state index contributed by atoms with van der Waals surface area (Å²) in [6, 6.07) is 19.8. The third-order valence-corrected chi connectivity index (χ3v) is 5.08. The maximum absolute atomic E-state index is 13.0. The number of anilines is 2. The van der Waals surface area contributed by atoms with Gasteiger partial charge in [-0.25, -0.2) is 4.98 Å². The molecule has 1 atom stereocenters. The van der Waals surface area contributed by atoms with Gasteiger partial charge in [-0.15, -0.1) is 0 Å². The summed E-state index contributed by atoms with van der Waals surface area (Å²) in [5.74, 6) is 0.801. The topological polar surface area (TPSA) is 45.2 Å². The van der Waals surface area contributed by atoms with Gasteiger partial charge < -0.3 is 10.2 Å². The molecule has 0 radical (unpaired) electrons. The molecule has 1 aliphatic heterocycles. The highest BCUT2D eigenvalue weighted by Gasteiger charge is 2.22. The molecule has 132 valence electrons. The normalized spacial score (nSPS) is 17.3. The number of carbonyl (C=O) groups is 1. The van der Waals surface area contributed by atoms with E-state index in [4.69, 9.17) is 4.98 Å². The Morgan fingerprint density at radius 3 is 2.65 bits per heavy atom. The molecule has 0 aliphatic carbocycles. The van der Waals surface area contributed by atoms with E-state index in [-0.39, 0.29) is 5.91 Å². The Bertz CT molecular complexity index is 923. The molecule has 1 amide bonds. The number of carbonyl (C=O) groups excluding carboxylic acids is 1. The highest BCUT2D eigenvalue weighted by Crippen LogP contribution is 2.28. The maximum Gasteiger partial charge on any atom is 0.256 e. The highest BCUT2D eigenvalue weighted by molar-refractivity contribution is 6.13.